The summed E-state index contributed by atoms with van der Waals surface area (Å²) < 4.78 is 5.41. The van der Waals surface area contributed by atoms with E-state index in [2.05, 4.69) is 181 Å². The summed E-state index contributed by atoms with van der Waals surface area (Å²) in [4.78, 5) is 0. The first-order valence-corrected chi connectivity index (χ1v) is 29.4. The van der Waals surface area contributed by atoms with Gasteiger partial charge in [-0.15, -0.1) is 0 Å². The Hall–Kier alpha value is -3.72. The summed E-state index contributed by atoms with van der Waals surface area (Å²) in [7, 11) is 0. The number of hydrogen-bond acceptors (Lipinski definition) is 0. The van der Waals surface area contributed by atoms with Gasteiger partial charge in [0, 0.05) is 8.95 Å². The number of hydrogen-bond donors (Lipinski definition) is 0. The monoisotopic (exact) mass is 1080 g/mol. The number of unbranched alkanes of at least 4 members (excludes halogenated alkanes) is 12. The Kier molecular flexibility index (Phi) is 18.3. The van der Waals surface area contributed by atoms with Crippen molar-refractivity contribution in [1.82, 2.24) is 0 Å². The quantitative estimate of drug-likeness (QED) is 0.0497. The topological polar surface area (TPSA) is 0 Å². The molecule has 348 valence electrons. The first-order valence-electron chi connectivity index (χ1n) is 26.1. The number of halogens is 2. The van der Waals surface area contributed by atoms with Crippen molar-refractivity contribution < 1.29 is 0 Å². The molecule has 0 N–H and O–H groups in total. The van der Waals surface area contributed by atoms with Crippen LogP contribution >= 0.6 is 31.9 Å². The molecule has 0 aliphatic carbocycles. The zero-order chi connectivity index (χ0) is 46.5. The van der Waals surface area contributed by atoms with Crippen LogP contribution in [0.4, 0.5) is 0 Å². The van der Waals surface area contributed by atoms with Crippen LogP contribution in [0.1, 0.15) is 153 Å². The zero-order valence-corrected chi connectivity index (χ0v) is 45.7. The molecule has 0 fully saturated rings. The number of rotatable bonds is 21. The minimum absolute atomic E-state index is 0.404. The molecule has 67 heavy (non-hydrogen) atoms. The summed E-state index contributed by atoms with van der Waals surface area (Å²) in [5.74, 6) is 0. The maximum absolute atomic E-state index is 3.88. The third-order valence-corrected chi connectivity index (χ3v) is 17.7. The van der Waals surface area contributed by atoms with Crippen LogP contribution in [-0.2, 0) is 25.7 Å². The molecule has 0 saturated heterocycles. The van der Waals surface area contributed by atoms with Gasteiger partial charge >= 0.3 is 205 Å². The Morgan fingerprint density at radius 1 is 0.299 bits per heavy atom. The van der Waals surface area contributed by atoms with E-state index in [-0.39, 0.29) is 0 Å². The van der Waals surface area contributed by atoms with Crippen LogP contribution in [-0.4, -0.2) is 14.5 Å². The van der Waals surface area contributed by atoms with Gasteiger partial charge in [-0.3, -0.25) is 0 Å². The second-order valence-electron chi connectivity index (χ2n) is 19.4. The Morgan fingerprint density at radius 3 is 0.910 bits per heavy atom. The molecule has 0 nitrogen and oxygen atoms in total. The van der Waals surface area contributed by atoms with E-state index in [0.717, 1.165) is 8.95 Å². The molecule has 1 aromatic heterocycles. The van der Waals surface area contributed by atoms with E-state index in [1.54, 1.807) is 8.52 Å². The van der Waals surface area contributed by atoms with Crippen LogP contribution in [0.25, 0.3) is 73.5 Å². The number of aryl methyl sites for hydroxylation is 4. The molecule has 9 aromatic rings. The van der Waals surface area contributed by atoms with Crippen LogP contribution < -0.4 is 0 Å². The van der Waals surface area contributed by atoms with Gasteiger partial charge in [0.25, 0.3) is 0 Å². The normalized spacial score (nSPS) is 11.7. The van der Waals surface area contributed by atoms with E-state index in [4.69, 9.17) is 0 Å². The maximum atomic E-state index is 3.88. The van der Waals surface area contributed by atoms with Gasteiger partial charge < -0.3 is 0 Å². The van der Waals surface area contributed by atoms with E-state index < -0.39 is 0 Å². The summed E-state index contributed by atoms with van der Waals surface area (Å²) in [6, 6.07) is 47.3. The Balaban J connectivity index is 0.000000182. The Morgan fingerprint density at radius 2 is 0.597 bits per heavy atom. The second kappa shape index (κ2) is 24.7. The summed E-state index contributed by atoms with van der Waals surface area (Å²) in [6.07, 6.45) is 25.9. The molecule has 0 amide bonds. The molecule has 0 spiro atoms. The van der Waals surface area contributed by atoms with Gasteiger partial charge in [0.15, 0.2) is 0 Å². The van der Waals surface area contributed by atoms with Crippen molar-refractivity contribution >= 4 is 109 Å². The van der Waals surface area contributed by atoms with Crippen molar-refractivity contribution in [3.63, 3.8) is 0 Å². The molecular formula is C64H72Br2Se. The van der Waals surface area contributed by atoms with E-state index in [1.165, 1.54) is 216 Å². The third kappa shape index (κ3) is 12.9. The molecule has 0 aliphatic rings. The van der Waals surface area contributed by atoms with Crippen molar-refractivity contribution in [3.8, 4) is 11.1 Å². The predicted octanol–water partition coefficient (Wildman–Crippen LogP) is 21.0. The number of benzene rings is 8. The van der Waals surface area contributed by atoms with Gasteiger partial charge in [-0.25, -0.2) is 0 Å². The van der Waals surface area contributed by atoms with E-state index in [9.17, 15) is 0 Å². The molecule has 8 aromatic carbocycles. The molecule has 0 unspecified atom stereocenters. The Bertz CT molecular complexity index is 2860. The van der Waals surface area contributed by atoms with Gasteiger partial charge in [0.1, 0.15) is 0 Å². The predicted molar refractivity (Wildman–Crippen MR) is 307 cm³/mol. The average molecular weight is 1080 g/mol. The molecule has 9 rings (SSSR count). The van der Waals surface area contributed by atoms with Crippen molar-refractivity contribution in [1.29, 1.82) is 0 Å². The summed E-state index contributed by atoms with van der Waals surface area (Å²) >= 11 is 8.17. The van der Waals surface area contributed by atoms with Gasteiger partial charge in [-0.2, -0.15) is 0 Å². The van der Waals surface area contributed by atoms with Gasteiger partial charge in [0.2, 0.25) is 0 Å². The standard InChI is InChI=1S/C32H36Br2.C32H36Se/c1-3-5-7-9-11-23-13-15-25-19-29(31(33)21-27(25)17-23)30-20-26-16-14-24(12-10-8-6-4-2)18-28(26)22-32(30)34;1-3-5-7-9-11-23-13-15-25-19-29-30-20-26-16-14-24(12-10-8-6-4-2)18-28(26)22-32(30)33-31(29)21-27(25)17-23/h13-22H,3-12H2,1-2H3;13-22H,3-12H2,1-2H3. The van der Waals surface area contributed by atoms with Crippen molar-refractivity contribution in [3.05, 3.63) is 153 Å². The number of fused-ring (bicyclic) bond motifs is 7. The van der Waals surface area contributed by atoms with E-state index >= 15 is 0 Å². The average Bonchev–Trinajstić information content (AvgIpc) is 3.68. The van der Waals surface area contributed by atoms with Crippen molar-refractivity contribution in [2.75, 3.05) is 0 Å². The second-order valence-corrected chi connectivity index (χ2v) is 23.4. The molecular weight excluding hydrogens is 1010 g/mol. The van der Waals surface area contributed by atoms with E-state index in [1.807, 2.05) is 0 Å². The van der Waals surface area contributed by atoms with Crippen LogP contribution in [0.2, 0.25) is 0 Å². The van der Waals surface area contributed by atoms with Gasteiger partial charge in [-0.1, -0.05) is 121 Å². The zero-order valence-electron chi connectivity index (χ0n) is 40.9. The van der Waals surface area contributed by atoms with Crippen LogP contribution in [0.3, 0.4) is 0 Å². The molecule has 3 heteroatoms. The molecule has 0 atom stereocenters. The fourth-order valence-electron chi connectivity index (χ4n) is 10.1. The molecule has 1 heterocycles. The SMILES string of the molecule is CCCCCCc1ccc2cc(-c3cc4ccc(CCCCCC)cc4cc3Br)c(Br)cc2c1.CCCCCCc1ccc2cc3c(cc2c1)[se]c1cc2cc(CCCCCC)ccc2cc13. The fraction of sp³-hybridized carbons (Fsp3) is 0.375. The first-order chi connectivity index (χ1) is 32.8. The third-order valence-electron chi connectivity index (χ3n) is 14.1. The summed E-state index contributed by atoms with van der Waals surface area (Å²) in [5.41, 5.74) is 8.36. The van der Waals surface area contributed by atoms with Crippen LogP contribution in [0.15, 0.2) is 130 Å². The fourth-order valence-corrected chi connectivity index (χ4v) is 13.7. The van der Waals surface area contributed by atoms with Gasteiger partial charge in [0.05, 0.1) is 0 Å². The van der Waals surface area contributed by atoms with E-state index in [0.29, 0.717) is 14.5 Å². The molecule has 0 saturated carbocycles. The van der Waals surface area contributed by atoms with Gasteiger partial charge in [-0.05, 0) is 93.7 Å². The molecule has 0 aliphatic heterocycles. The molecule has 0 radical (unpaired) electrons. The summed E-state index contributed by atoms with van der Waals surface area (Å²) in [5, 5.41) is 13.8. The van der Waals surface area contributed by atoms with Crippen molar-refractivity contribution in [2.45, 2.75) is 156 Å². The molecule has 0 bridgehead atoms. The van der Waals surface area contributed by atoms with Crippen LogP contribution in [0, 0.1) is 0 Å². The van der Waals surface area contributed by atoms with Crippen molar-refractivity contribution in [2.24, 2.45) is 0 Å². The van der Waals surface area contributed by atoms with Crippen LogP contribution in [0.5, 0.6) is 0 Å². The first kappa shape index (κ1) is 49.7. The summed E-state index contributed by atoms with van der Waals surface area (Å²) in [6.45, 7) is 9.11. The minimum atomic E-state index is 0.404. The Labute approximate surface area is 425 Å².